The van der Waals surface area contributed by atoms with Crippen molar-refractivity contribution in [2.75, 3.05) is 19.7 Å². The summed E-state index contributed by atoms with van der Waals surface area (Å²) in [5, 5.41) is 7.22. The zero-order valence-electron chi connectivity index (χ0n) is 10.1. The summed E-state index contributed by atoms with van der Waals surface area (Å²) in [4.78, 5) is 8.46. The topological polar surface area (TPSA) is 73.1 Å². The van der Waals surface area contributed by atoms with Gasteiger partial charge in [0.05, 0.1) is 6.61 Å². The lowest BCUT2D eigenvalue weighted by molar-refractivity contribution is 0.00755. The maximum Gasteiger partial charge on any atom is 0.257 e. The molecule has 18 heavy (non-hydrogen) atoms. The molecule has 0 bridgehead atoms. The highest BCUT2D eigenvalue weighted by molar-refractivity contribution is 5.57. The zero-order valence-corrected chi connectivity index (χ0v) is 10.1. The van der Waals surface area contributed by atoms with Gasteiger partial charge in [0.25, 0.3) is 5.89 Å². The van der Waals surface area contributed by atoms with Gasteiger partial charge in [0.15, 0.2) is 0 Å². The highest BCUT2D eigenvalue weighted by Gasteiger charge is 2.22. The number of hydrogen-bond donors (Lipinski definition) is 1. The van der Waals surface area contributed by atoms with E-state index in [0.717, 1.165) is 17.7 Å². The second-order valence-corrected chi connectivity index (χ2v) is 4.21. The summed E-state index contributed by atoms with van der Waals surface area (Å²) in [5.74, 6) is 1.07. The van der Waals surface area contributed by atoms with E-state index < -0.39 is 0 Å². The molecule has 2 aromatic heterocycles. The van der Waals surface area contributed by atoms with Crippen molar-refractivity contribution in [2.24, 2.45) is 0 Å². The molecular weight excluding hydrogens is 232 g/mol. The van der Waals surface area contributed by atoms with E-state index in [1.54, 1.807) is 12.4 Å². The smallest absolute Gasteiger partial charge is 0.257 e. The fourth-order valence-corrected chi connectivity index (χ4v) is 1.90. The molecule has 94 valence electrons. The van der Waals surface area contributed by atoms with Crippen LogP contribution >= 0.6 is 0 Å². The maximum atomic E-state index is 5.57. The van der Waals surface area contributed by atoms with Gasteiger partial charge in [0, 0.05) is 31.0 Å². The molecule has 0 radical (unpaired) electrons. The van der Waals surface area contributed by atoms with Gasteiger partial charge in [-0.05, 0) is 18.6 Å². The van der Waals surface area contributed by atoms with E-state index in [2.05, 4.69) is 20.4 Å². The molecule has 3 rings (SSSR count). The quantitative estimate of drug-likeness (QED) is 0.855. The molecule has 0 spiro atoms. The third-order valence-electron chi connectivity index (χ3n) is 2.92. The van der Waals surface area contributed by atoms with Crippen molar-refractivity contribution in [3.8, 4) is 11.4 Å². The van der Waals surface area contributed by atoms with Gasteiger partial charge in [-0.1, -0.05) is 5.16 Å². The number of rotatable bonds is 2. The van der Waals surface area contributed by atoms with Crippen molar-refractivity contribution in [1.29, 1.82) is 0 Å². The van der Waals surface area contributed by atoms with Gasteiger partial charge in [-0.2, -0.15) is 4.98 Å². The molecule has 1 N–H and O–H groups in total. The highest BCUT2D eigenvalue weighted by Crippen LogP contribution is 2.22. The second kappa shape index (κ2) is 4.83. The maximum absolute atomic E-state index is 5.57. The Kier molecular flexibility index (Phi) is 3.04. The minimum absolute atomic E-state index is 0.156. The molecule has 0 aliphatic carbocycles. The van der Waals surface area contributed by atoms with Crippen LogP contribution in [0.2, 0.25) is 0 Å². The summed E-state index contributed by atoms with van der Waals surface area (Å²) in [7, 11) is 0. The number of ether oxygens (including phenoxy) is 1. The highest BCUT2D eigenvalue weighted by atomic mass is 16.5. The van der Waals surface area contributed by atoms with E-state index in [0.29, 0.717) is 24.9 Å². The van der Waals surface area contributed by atoms with Crippen LogP contribution < -0.4 is 5.32 Å². The van der Waals surface area contributed by atoms with Gasteiger partial charge in [0.1, 0.15) is 6.10 Å². The Balaban J connectivity index is 1.87. The summed E-state index contributed by atoms with van der Waals surface area (Å²) < 4.78 is 10.8. The molecule has 1 fully saturated rings. The van der Waals surface area contributed by atoms with E-state index in [4.69, 9.17) is 9.26 Å². The van der Waals surface area contributed by atoms with Crippen molar-refractivity contribution in [3.05, 3.63) is 29.9 Å². The standard InChI is InChI=1S/C12H14N4O2/c1-8-2-3-13-6-9(8)11-15-12(18-16-11)10-7-14-4-5-17-10/h2-3,6,10,14H,4-5,7H2,1H3. The van der Waals surface area contributed by atoms with E-state index >= 15 is 0 Å². The molecule has 0 amide bonds. The number of nitrogens with zero attached hydrogens (tertiary/aromatic N) is 3. The van der Waals surface area contributed by atoms with Crippen molar-refractivity contribution in [3.63, 3.8) is 0 Å². The van der Waals surface area contributed by atoms with Gasteiger partial charge < -0.3 is 14.6 Å². The van der Waals surface area contributed by atoms with Crippen molar-refractivity contribution in [2.45, 2.75) is 13.0 Å². The lowest BCUT2D eigenvalue weighted by Gasteiger charge is -2.19. The number of aryl methyl sites for hydroxylation is 1. The predicted molar refractivity (Wildman–Crippen MR) is 63.8 cm³/mol. The molecular formula is C12H14N4O2. The summed E-state index contributed by atoms with van der Waals surface area (Å²) >= 11 is 0. The molecule has 1 aliphatic rings. The fraction of sp³-hybridized carbons (Fsp3) is 0.417. The largest absolute Gasteiger partial charge is 0.366 e. The van der Waals surface area contributed by atoms with Gasteiger partial charge in [-0.3, -0.25) is 4.98 Å². The predicted octanol–water partition coefficient (Wildman–Crippen LogP) is 1.10. The number of hydrogen-bond acceptors (Lipinski definition) is 6. The van der Waals surface area contributed by atoms with Crippen LogP contribution in [0, 0.1) is 6.92 Å². The molecule has 6 heteroatoms. The molecule has 1 atom stereocenters. The number of nitrogens with one attached hydrogen (secondary N) is 1. The minimum Gasteiger partial charge on any atom is -0.366 e. The fourth-order valence-electron chi connectivity index (χ4n) is 1.90. The van der Waals surface area contributed by atoms with Gasteiger partial charge in [0.2, 0.25) is 5.82 Å². The molecule has 1 unspecified atom stereocenters. The SMILES string of the molecule is Cc1ccncc1-c1noc(C2CNCCO2)n1. The van der Waals surface area contributed by atoms with Crippen molar-refractivity contribution < 1.29 is 9.26 Å². The first-order valence-corrected chi connectivity index (χ1v) is 5.91. The number of pyridine rings is 1. The van der Waals surface area contributed by atoms with Gasteiger partial charge in [-0.15, -0.1) is 0 Å². The first-order valence-electron chi connectivity index (χ1n) is 5.91. The molecule has 1 aliphatic heterocycles. The summed E-state index contributed by atoms with van der Waals surface area (Å²) in [5.41, 5.74) is 1.95. The molecule has 3 heterocycles. The van der Waals surface area contributed by atoms with E-state index in [-0.39, 0.29) is 6.10 Å². The van der Waals surface area contributed by atoms with Crippen LogP contribution in [0.25, 0.3) is 11.4 Å². The summed E-state index contributed by atoms with van der Waals surface area (Å²) in [6.07, 6.45) is 3.33. The van der Waals surface area contributed by atoms with E-state index in [1.807, 2.05) is 13.0 Å². The third kappa shape index (κ3) is 2.12. The van der Waals surface area contributed by atoms with Crippen LogP contribution in [0.4, 0.5) is 0 Å². The third-order valence-corrected chi connectivity index (χ3v) is 2.92. The Morgan fingerprint density at radius 1 is 1.44 bits per heavy atom. The normalized spacial score (nSPS) is 19.9. The van der Waals surface area contributed by atoms with Gasteiger partial charge in [-0.25, -0.2) is 0 Å². The van der Waals surface area contributed by atoms with E-state index in [1.165, 1.54) is 0 Å². The summed E-state index contributed by atoms with van der Waals surface area (Å²) in [6.45, 7) is 4.22. The van der Waals surface area contributed by atoms with Crippen LogP contribution in [0.5, 0.6) is 0 Å². The van der Waals surface area contributed by atoms with Crippen LogP contribution in [0.3, 0.4) is 0 Å². The Labute approximate surface area is 104 Å². The molecule has 1 saturated heterocycles. The molecule has 0 aromatic carbocycles. The average molecular weight is 246 g/mol. The molecule has 2 aromatic rings. The number of morpholine rings is 1. The Morgan fingerprint density at radius 2 is 2.39 bits per heavy atom. The lowest BCUT2D eigenvalue weighted by atomic mass is 10.1. The van der Waals surface area contributed by atoms with Crippen LogP contribution in [0.1, 0.15) is 17.6 Å². The first-order chi connectivity index (χ1) is 8.84. The molecule has 0 saturated carbocycles. The second-order valence-electron chi connectivity index (χ2n) is 4.21. The first kappa shape index (κ1) is 11.3. The van der Waals surface area contributed by atoms with E-state index in [9.17, 15) is 0 Å². The Hall–Kier alpha value is -1.79. The summed E-state index contributed by atoms with van der Waals surface area (Å²) in [6, 6.07) is 1.92. The van der Waals surface area contributed by atoms with Crippen LogP contribution in [0.15, 0.2) is 23.0 Å². The van der Waals surface area contributed by atoms with Crippen LogP contribution in [-0.2, 0) is 4.74 Å². The van der Waals surface area contributed by atoms with Crippen molar-refractivity contribution in [1.82, 2.24) is 20.4 Å². The lowest BCUT2D eigenvalue weighted by Crippen LogP contribution is -2.33. The Bertz CT molecular complexity index is 534. The molecule has 6 nitrogen and oxygen atoms in total. The minimum atomic E-state index is -0.156. The van der Waals surface area contributed by atoms with Crippen LogP contribution in [-0.4, -0.2) is 34.8 Å². The van der Waals surface area contributed by atoms with Crippen molar-refractivity contribution >= 4 is 0 Å². The average Bonchev–Trinajstić information content (AvgIpc) is 2.90. The Morgan fingerprint density at radius 3 is 3.17 bits per heavy atom. The number of aromatic nitrogens is 3. The zero-order chi connectivity index (χ0) is 12.4. The van der Waals surface area contributed by atoms with Gasteiger partial charge >= 0.3 is 0 Å². The monoisotopic (exact) mass is 246 g/mol.